The molecule has 0 spiro atoms. The van der Waals surface area contributed by atoms with Gasteiger partial charge in [0.15, 0.2) is 5.82 Å². The van der Waals surface area contributed by atoms with Crippen LogP contribution in [0.25, 0.3) is 11.4 Å². The molecule has 0 saturated carbocycles. The lowest BCUT2D eigenvalue weighted by atomic mass is 10.1. The second-order valence-corrected chi connectivity index (χ2v) is 10.2. The van der Waals surface area contributed by atoms with E-state index in [1.165, 1.54) is 34.6 Å². The Labute approximate surface area is 242 Å². The molecule has 0 atom stereocenters. The van der Waals surface area contributed by atoms with Crippen LogP contribution in [0.4, 0.5) is 26.0 Å². The highest BCUT2D eigenvalue weighted by atomic mass is 35.5. The number of anilines is 3. The van der Waals surface area contributed by atoms with E-state index in [1.807, 2.05) is 0 Å². The monoisotopic (exact) mass is 597 g/mol. The van der Waals surface area contributed by atoms with Crippen LogP contribution in [-0.4, -0.2) is 53.9 Å². The number of ether oxygens (including phenoxy) is 1. The van der Waals surface area contributed by atoms with Crippen LogP contribution in [0.3, 0.4) is 0 Å². The van der Waals surface area contributed by atoms with Crippen LogP contribution >= 0.6 is 37.3 Å². The van der Waals surface area contributed by atoms with Crippen molar-refractivity contribution in [2.24, 2.45) is 0 Å². The number of aromatic nitrogens is 2. The van der Waals surface area contributed by atoms with E-state index in [9.17, 15) is 8.78 Å². The van der Waals surface area contributed by atoms with E-state index in [-0.39, 0.29) is 54.2 Å². The van der Waals surface area contributed by atoms with Gasteiger partial charge in [-0.2, -0.15) is 22.8 Å². The maximum Gasteiger partial charge on any atom is 0.228 e. The van der Waals surface area contributed by atoms with Gasteiger partial charge in [0.1, 0.15) is 35.8 Å². The molecule has 0 aliphatic carbocycles. The van der Waals surface area contributed by atoms with Gasteiger partial charge < -0.3 is 20.8 Å². The molecule has 1 fully saturated rings. The molecule has 4 rings (SSSR count). The molecule has 14 heteroatoms. The number of rotatable bonds is 9. The maximum atomic E-state index is 14.9. The fourth-order valence-corrected chi connectivity index (χ4v) is 4.53. The number of halogens is 3. The van der Waals surface area contributed by atoms with Crippen molar-refractivity contribution in [1.82, 2.24) is 14.9 Å². The summed E-state index contributed by atoms with van der Waals surface area (Å²) >= 11 is 6.69. The first-order valence-electron chi connectivity index (χ1n) is 11.8. The van der Waals surface area contributed by atoms with Crippen molar-refractivity contribution in [3.63, 3.8) is 0 Å². The molecule has 1 saturated heterocycles. The average Bonchev–Trinajstić information content (AvgIpc) is 2.87. The lowest BCUT2D eigenvalue weighted by Crippen LogP contribution is -2.36. The zero-order chi connectivity index (χ0) is 27.4. The molecule has 1 aromatic heterocycles. The van der Waals surface area contributed by atoms with Gasteiger partial charge in [0.2, 0.25) is 5.88 Å². The first-order chi connectivity index (χ1) is 18.1. The van der Waals surface area contributed by atoms with E-state index in [0.29, 0.717) is 16.1 Å². The fourth-order valence-electron chi connectivity index (χ4n) is 3.91. The van der Waals surface area contributed by atoms with Gasteiger partial charge in [-0.1, -0.05) is 11.6 Å². The zero-order valence-corrected chi connectivity index (χ0v) is 24.2. The van der Waals surface area contributed by atoms with Crippen LogP contribution in [0.1, 0.15) is 25.3 Å². The number of hydrogen-bond acceptors (Lipinski definition) is 10. The van der Waals surface area contributed by atoms with E-state index in [1.54, 1.807) is 20.0 Å². The van der Waals surface area contributed by atoms with Crippen LogP contribution in [0.2, 0.25) is 5.02 Å². The summed E-state index contributed by atoms with van der Waals surface area (Å²) in [5, 5.41) is 8.48. The minimum atomic E-state index is -0.632. The van der Waals surface area contributed by atoms with Crippen molar-refractivity contribution in [2.45, 2.75) is 25.9 Å². The van der Waals surface area contributed by atoms with Crippen molar-refractivity contribution in [3.05, 3.63) is 58.6 Å². The Morgan fingerprint density at radius 2 is 1.90 bits per heavy atom. The topological polar surface area (TPSA) is 113 Å². The Hall–Kier alpha value is -2.84. The predicted octanol–water partition coefficient (Wildman–Crippen LogP) is 5.67. The number of benzene rings is 2. The Morgan fingerprint density at radius 1 is 1.18 bits per heavy atom. The minimum Gasteiger partial charge on any atom is -0.474 e. The number of nitrogens with one attached hydrogen (secondary N) is 2. The zero-order valence-electron chi connectivity index (χ0n) is 21.6. The molecule has 1 aliphatic heterocycles. The second kappa shape index (κ2) is 13.5. The highest BCUT2D eigenvalue weighted by Gasteiger charge is 2.23. The quantitative estimate of drug-likeness (QED) is 0.124. The van der Waals surface area contributed by atoms with Gasteiger partial charge >= 0.3 is 0 Å². The standard InChI is InChI=1S/C25H28ClF2N7O2S.H2S/c1-14(29)22-23(30)31-24(32-25(22)36-17-8-10-34(2)11-9-17)15-4-7-20(19(28)12-15)33-37-38-35(3)21-13-16(26)5-6-18(21)27;/h4-7,12-13,17,29,33H,8-11H2,1-3H3,(H2,30,31,32);1H2. The van der Waals surface area contributed by atoms with Crippen LogP contribution in [0, 0.1) is 17.0 Å². The molecule has 2 aromatic carbocycles. The Bertz CT molecular complexity index is 1330. The highest BCUT2D eigenvalue weighted by molar-refractivity contribution is 7.96. The van der Waals surface area contributed by atoms with Gasteiger partial charge in [0.05, 0.1) is 16.9 Å². The number of hydrogen-bond donors (Lipinski definition) is 3. The third-order valence-corrected chi connectivity index (χ3v) is 6.81. The molecule has 39 heavy (non-hydrogen) atoms. The summed E-state index contributed by atoms with van der Waals surface area (Å²) in [6.07, 6.45) is 1.57. The fraction of sp³-hybridized carbons (Fsp3) is 0.320. The molecule has 3 aromatic rings. The van der Waals surface area contributed by atoms with Gasteiger partial charge in [0, 0.05) is 36.4 Å². The number of nitrogen functional groups attached to an aromatic ring is 1. The summed E-state index contributed by atoms with van der Waals surface area (Å²) in [4.78, 5) is 11.0. The summed E-state index contributed by atoms with van der Waals surface area (Å²) in [6.45, 7) is 3.37. The SMILES string of the molecule is CC(=N)c1c(N)nc(-c2ccc(NOSN(C)c3cc(Cl)ccc3F)c(F)c2)nc1OC1CCN(C)CC1.S. The summed E-state index contributed by atoms with van der Waals surface area (Å²) in [7, 11) is 3.63. The van der Waals surface area contributed by atoms with Gasteiger partial charge in [-0.3, -0.25) is 4.31 Å². The third-order valence-electron chi connectivity index (χ3n) is 6.00. The molecule has 0 bridgehead atoms. The number of piperidine rings is 1. The van der Waals surface area contributed by atoms with Gasteiger partial charge in [-0.25, -0.2) is 19.2 Å². The van der Waals surface area contributed by atoms with Gasteiger partial charge in [-0.05, 0) is 63.2 Å². The van der Waals surface area contributed by atoms with Crippen LogP contribution in [0.15, 0.2) is 36.4 Å². The number of nitrogens with zero attached hydrogens (tertiary/aromatic N) is 4. The van der Waals surface area contributed by atoms with E-state index in [2.05, 4.69) is 27.4 Å². The van der Waals surface area contributed by atoms with Crippen LogP contribution in [0.5, 0.6) is 5.88 Å². The second-order valence-electron chi connectivity index (χ2n) is 8.91. The molecule has 210 valence electrons. The molecular formula is C25H30ClF2N7O2S2. The average molecular weight is 598 g/mol. The molecule has 9 nitrogen and oxygen atoms in total. The maximum absolute atomic E-state index is 14.9. The lowest BCUT2D eigenvalue weighted by Gasteiger charge is -2.29. The largest absolute Gasteiger partial charge is 0.474 e. The van der Waals surface area contributed by atoms with Crippen molar-refractivity contribution < 1.29 is 17.8 Å². The summed E-state index contributed by atoms with van der Waals surface area (Å²) in [5.41, 5.74) is 9.80. The first-order valence-corrected chi connectivity index (χ1v) is 12.9. The predicted molar refractivity (Wildman–Crippen MR) is 158 cm³/mol. The van der Waals surface area contributed by atoms with E-state index >= 15 is 0 Å². The highest BCUT2D eigenvalue weighted by Crippen LogP contribution is 2.31. The first kappa shape index (κ1) is 30.7. The molecule has 0 unspecified atom stereocenters. The van der Waals surface area contributed by atoms with Crippen molar-refractivity contribution in [3.8, 4) is 17.3 Å². The Morgan fingerprint density at radius 3 is 2.56 bits per heavy atom. The van der Waals surface area contributed by atoms with Crippen LogP contribution in [-0.2, 0) is 4.28 Å². The van der Waals surface area contributed by atoms with Crippen LogP contribution < -0.4 is 20.3 Å². The smallest absolute Gasteiger partial charge is 0.228 e. The molecule has 1 aliphatic rings. The summed E-state index contributed by atoms with van der Waals surface area (Å²) in [5.74, 6) is -0.636. The molecule has 0 radical (unpaired) electrons. The third kappa shape index (κ3) is 7.63. The van der Waals surface area contributed by atoms with Crippen molar-refractivity contribution in [1.29, 1.82) is 5.41 Å². The molecule has 4 N–H and O–H groups in total. The molecular weight excluding hydrogens is 568 g/mol. The Kier molecular flexibility index (Phi) is 10.6. The van der Waals surface area contributed by atoms with E-state index in [0.717, 1.165) is 38.2 Å². The minimum absolute atomic E-state index is 0. The summed E-state index contributed by atoms with van der Waals surface area (Å²) in [6, 6.07) is 8.43. The summed E-state index contributed by atoms with van der Waals surface area (Å²) < 4.78 is 41.8. The van der Waals surface area contributed by atoms with Gasteiger partial charge in [-0.15, -0.1) is 0 Å². The van der Waals surface area contributed by atoms with Gasteiger partial charge in [0.25, 0.3) is 0 Å². The van der Waals surface area contributed by atoms with E-state index in [4.69, 9.17) is 31.8 Å². The normalized spacial score (nSPS) is 14.0. The lowest BCUT2D eigenvalue weighted by molar-refractivity contribution is 0.110. The molecule has 0 amide bonds. The number of likely N-dealkylation sites (tertiary alicyclic amines) is 1. The van der Waals surface area contributed by atoms with Crippen molar-refractivity contribution in [2.75, 3.05) is 42.7 Å². The number of nitrogens with two attached hydrogens (primary N) is 1. The molecule has 2 heterocycles. The van der Waals surface area contributed by atoms with Crippen molar-refractivity contribution >= 4 is 60.2 Å². The van der Waals surface area contributed by atoms with E-state index < -0.39 is 11.6 Å². The Balaban J connectivity index is 0.00000420.